The van der Waals surface area contributed by atoms with Gasteiger partial charge in [-0.25, -0.2) is 4.68 Å². The third-order valence-electron chi connectivity index (χ3n) is 1.21. The molecule has 0 fully saturated rings. The average molecular weight is 173 g/mol. The molecular formula is C5H11N5S. The number of rotatable bonds is 4. The molecular weight excluding hydrogens is 162 g/mol. The Morgan fingerprint density at radius 2 is 2.45 bits per heavy atom. The Morgan fingerprint density at radius 1 is 1.64 bits per heavy atom. The van der Waals surface area contributed by atoms with Gasteiger partial charge in [-0.1, -0.05) is 12.0 Å². The number of nitrogen functional groups attached to an aromatic ring is 1. The summed E-state index contributed by atoms with van der Waals surface area (Å²) < 4.78 is 1.60. The van der Waals surface area contributed by atoms with Crippen molar-refractivity contribution < 1.29 is 0 Å². The molecule has 1 aromatic rings. The van der Waals surface area contributed by atoms with Crippen molar-refractivity contribution in [2.75, 3.05) is 17.2 Å². The van der Waals surface area contributed by atoms with Crippen LogP contribution in [0.5, 0.6) is 0 Å². The van der Waals surface area contributed by atoms with E-state index in [1.54, 1.807) is 4.68 Å². The van der Waals surface area contributed by atoms with Gasteiger partial charge in [0.05, 0.1) is 6.54 Å². The first kappa shape index (κ1) is 8.32. The van der Waals surface area contributed by atoms with Gasteiger partial charge in [0.15, 0.2) is 0 Å². The molecule has 0 saturated heterocycles. The zero-order chi connectivity index (χ0) is 8.10. The molecule has 11 heavy (non-hydrogen) atoms. The van der Waals surface area contributed by atoms with E-state index >= 15 is 0 Å². The van der Waals surface area contributed by atoms with Crippen molar-refractivity contribution in [2.24, 2.45) is 0 Å². The first-order valence-corrected chi connectivity index (χ1v) is 4.59. The summed E-state index contributed by atoms with van der Waals surface area (Å²) >= 11 is 1.84. The zero-order valence-corrected chi connectivity index (χ0v) is 7.21. The molecule has 6 heteroatoms. The topological polar surface area (TPSA) is 69.6 Å². The van der Waals surface area contributed by atoms with Crippen molar-refractivity contribution in [1.82, 2.24) is 20.2 Å². The highest BCUT2D eigenvalue weighted by Gasteiger charge is 1.98. The van der Waals surface area contributed by atoms with E-state index in [0.717, 1.165) is 18.1 Å². The molecule has 0 saturated carbocycles. The van der Waals surface area contributed by atoms with Gasteiger partial charge >= 0.3 is 0 Å². The quantitative estimate of drug-likeness (QED) is 0.649. The molecule has 0 spiro atoms. The summed E-state index contributed by atoms with van der Waals surface area (Å²) in [6.07, 6.45) is 0. The number of hydrogen-bond donors (Lipinski definition) is 1. The van der Waals surface area contributed by atoms with Crippen molar-refractivity contribution in [2.45, 2.75) is 13.5 Å². The second kappa shape index (κ2) is 4.17. The van der Waals surface area contributed by atoms with Crippen molar-refractivity contribution in [3.63, 3.8) is 0 Å². The molecule has 5 nitrogen and oxygen atoms in total. The summed E-state index contributed by atoms with van der Waals surface area (Å²) in [4.78, 5) is 0. The van der Waals surface area contributed by atoms with Gasteiger partial charge in [0, 0.05) is 5.75 Å². The minimum Gasteiger partial charge on any atom is -0.367 e. The number of aromatic nitrogens is 4. The molecule has 0 radical (unpaired) electrons. The standard InChI is InChI=1S/C5H11N5S/c1-2-11-4-3-10-5(6)7-8-9-10/h2-4H2,1H3,(H2,6,7,9). The molecule has 0 aliphatic heterocycles. The molecule has 0 amide bonds. The largest absolute Gasteiger partial charge is 0.367 e. The Labute approximate surface area is 69.3 Å². The smallest absolute Gasteiger partial charge is 0.240 e. The highest BCUT2D eigenvalue weighted by molar-refractivity contribution is 7.99. The molecule has 1 rings (SSSR count). The van der Waals surface area contributed by atoms with Crippen molar-refractivity contribution in [3.8, 4) is 0 Å². The number of thioether (sulfide) groups is 1. The van der Waals surface area contributed by atoms with Crippen molar-refractivity contribution in [1.29, 1.82) is 0 Å². The van der Waals surface area contributed by atoms with E-state index in [-0.39, 0.29) is 0 Å². The fourth-order valence-corrected chi connectivity index (χ4v) is 1.26. The number of nitrogens with two attached hydrogens (primary N) is 1. The minimum absolute atomic E-state index is 0.390. The Hall–Kier alpha value is -0.780. The normalized spacial score (nSPS) is 10.3. The number of anilines is 1. The maximum absolute atomic E-state index is 5.44. The first-order chi connectivity index (χ1) is 5.34. The molecule has 0 aliphatic carbocycles. The third kappa shape index (κ3) is 2.38. The molecule has 0 aromatic carbocycles. The summed E-state index contributed by atoms with van der Waals surface area (Å²) in [7, 11) is 0. The van der Waals surface area contributed by atoms with E-state index in [4.69, 9.17) is 5.73 Å². The molecule has 1 heterocycles. The Balaban J connectivity index is 2.32. The molecule has 0 bridgehead atoms. The maximum Gasteiger partial charge on any atom is 0.240 e. The fraction of sp³-hybridized carbons (Fsp3) is 0.800. The van der Waals surface area contributed by atoms with Crippen LogP contribution in [0.4, 0.5) is 5.95 Å². The molecule has 62 valence electrons. The maximum atomic E-state index is 5.44. The SMILES string of the molecule is CCSCCn1nnnc1N. The van der Waals surface area contributed by atoms with Crippen molar-refractivity contribution >= 4 is 17.7 Å². The van der Waals surface area contributed by atoms with Crippen LogP contribution in [0, 0.1) is 0 Å². The van der Waals surface area contributed by atoms with Crippen LogP contribution in [-0.4, -0.2) is 31.7 Å². The summed E-state index contributed by atoms with van der Waals surface area (Å²) in [5, 5.41) is 10.7. The zero-order valence-electron chi connectivity index (χ0n) is 6.40. The fourth-order valence-electron chi connectivity index (χ4n) is 0.666. The number of nitrogens with zero attached hydrogens (tertiary/aromatic N) is 4. The lowest BCUT2D eigenvalue weighted by atomic mass is 10.7. The molecule has 2 N–H and O–H groups in total. The van der Waals surface area contributed by atoms with E-state index in [2.05, 4.69) is 22.4 Å². The van der Waals surface area contributed by atoms with Crippen LogP contribution in [-0.2, 0) is 6.54 Å². The van der Waals surface area contributed by atoms with Crippen LogP contribution in [0.3, 0.4) is 0 Å². The van der Waals surface area contributed by atoms with Gasteiger partial charge in [-0.2, -0.15) is 11.8 Å². The second-order valence-corrected chi connectivity index (χ2v) is 3.35. The summed E-state index contributed by atoms with van der Waals surface area (Å²) in [6, 6.07) is 0. The Morgan fingerprint density at radius 3 is 3.00 bits per heavy atom. The molecule has 1 aromatic heterocycles. The first-order valence-electron chi connectivity index (χ1n) is 3.44. The van der Waals surface area contributed by atoms with Crippen LogP contribution >= 0.6 is 11.8 Å². The van der Waals surface area contributed by atoms with E-state index in [1.165, 1.54) is 0 Å². The highest BCUT2D eigenvalue weighted by atomic mass is 32.2. The second-order valence-electron chi connectivity index (χ2n) is 1.96. The summed E-state index contributed by atoms with van der Waals surface area (Å²) in [5.74, 6) is 2.51. The van der Waals surface area contributed by atoms with Gasteiger partial charge < -0.3 is 5.73 Å². The molecule has 0 aliphatic rings. The van der Waals surface area contributed by atoms with Crippen LogP contribution < -0.4 is 5.73 Å². The van der Waals surface area contributed by atoms with Crippen LogP contribution in [0.1, 0.15) is 6.92 Å². The van der Waals surface area contributed by atoms with Gasteiger partial charge in [0.1, 0.15) is 0 Å². The Kier molecular flexibility index (Phi) is 3.15. The molecule has 0 unspecified atom stereocenters. The van der Waals surface area contributed by atoms with Crippen LogP contribution in [0.2, 0.25) is 0 Å². The van der Waals surface area contributed by atoms with E-state index < -0.39 is 0 Å². The lowest BCUT2D eigenvalue weighted by molar-refractivity contribution is 0.638. The molecule has 0 atom stereocenters. The summed E-state index contributed by atoms with van der Waals surface area (Å²) in [5.41, 5.74) is 5.44. The summed E-state index contributed by atoms with van der Waals surface area (Å²) in [6.45, 7) is 2.91. The van der Waals surface area contributed by atoms with Gasteiger partial charge in [-0.15, -0.1) is 0 Å². The van der Waals surface area contributed by atoms with Crippen LogP contribution in [0.25, 0.3) is 0 Å². The van der Waals surface area contributed by atoms with Gasteiger partial charge in [0.2, 0.25) is 5.95 Å². The van der Waals surface area contributed by atoms with E-state index in [9.17, 15) is 0 Å². The van der Waals surface area contributed by atoms with Gasteiger partial charge in [-0.05, 0) is 16.2 Å². The highest BCUT2D eigenvalue weighted by Crippen LogP contribution is 2.00. The predicted octanol–water partition coefficient (Wildman–Crippen LogP) is 0.00840. The minimum atomic E-state index is 0.390. The third-order valence-corrected chi connectivity index (χ3v) is 2.09. The average Bonchev–Trinajstić information content (AvgIpc) is 2.37. The van der Waals surface area contributed by atoms with Gasteiger partial charge in [-0.3, -0.25) is 0 Å². The van der Waals surface area contributed by atoms with Crippen molar-refractivity contribution in [3.05, 3.63) is 0 Å². The lowest BCUT2D eigenvalue weighted by Gasteiger charge is -1.98. The number of tetrazole rings is 1. The Bertz CT molecular complexity index is 210. The number of hydrogen-bond acceptors (Lipinski definition) is 5. The monoisotopic (exact) mass is 173 g/mol. The van der Waals surface area contributed by atoms with Gasteiger partial charge in [0.25, 0.3) is 0 Å². The van der Waals surface area contributed by atoms with E-state index in [0.29, 0.717) is 5.95 Å². The van der Waals surface area contributed by atoms with Crippen LogP contribution in [0.15, 0.2) is 0 Å². The predicted molar refractivity (Wildman–Crippen MR) is 45.2 cm³/mol. The lowest BCUT2D eigenvalue weighted by Crippen LogP contribution is -2.07. The van der Waals surface area contributed by atoms with E-state index in [1.807, 2.05) is 11.8 Å². The number of aryl methyl sites for hydroxylation is 1.